The number of carbonyl (C=O) groups excluding carboxylic acids is 1. The van der Waals surface area contributed by atoms with Gasteiger partial charge in [0.1, 0.15) is 0 Å². The first-order valence-electron chi connectivity index (χ1n) is 8.74. The topological polar surface area (TPSA) is 69.2 Å². The van der Waals surface area contributed by atoms with Gasteiger partial charge in [-0.05, 0) is 28.5 Å². The van der Waals surface area contributed by atoms with Crippen LogP contribution in [0.4, 0.5) is 0 Å². The average molecular weight is 378 g/mol. The molecule has 3 aromatic carbocycles. The number of amides is 1. The van der Waals surface area contributed by atoms with E-state index in [0.717, 1.165) is 16.3 Å². The zero-order chi connectivity index (χ0) is 19.9. The Kier molecular flexibility index (Phi) is 6.11. The van der Waals surface area contributed by atoms with Gasteiger partial charge in [-0.25, -0.2) is 5.43 Å². The third kappa shape index (κ3) is 4.23. The van der Waals surface area contributed by atoms with Gasteiger partial charge in [0.2, 0.25) is 11.7 Å². The lowest BCUT2D eigenvalue weighted by Crippen LogP contribution is -2.19. The second kappa shape index (κ2) is 8.90. The number of rotatable bonds is 7. The van der Waals surface area contributed by atoms with Crippen LogP contribution in [0.5, 0.6) is 17.2 Å². The molecule has 0 radical (unpaired) electrons. The van der Waals surface area contributed by atoms with E-state index in [9.17, 15) is 4.79 Å². The molecule has 6 heteroatoms. The Bertz CT molecular complexity index is 984. The minimum Gasteiger partial charge on any atom is -0.493 e. The molecule has 0 saturated heterocycles. The van der Waals surface area contributed by atoms with E-state index >= 15 is 0 Å². The van der Waals surface area contributed by atoms with Gasteiger partial charge < -0.3 is 14.2 Å². The Labute approximate surface area is 163 Å². The molecule has 0 fully saturated rings. The predicted octanol–water partition coefficient (Wildman–Crippen LogP) is 3.56. The van der Waals surface area contributed by atoms with E-state index in [1.165, 1.54) is 6.21 Å². The quantitative estimate of drug-likeness (QED) is 0.504. The van der Waals surface area contributed by atoms with Gasteiger partial charge in [-0.3, -0.25) is 4.79 Å². The highest BCUT2D eigenvalue weighted by molar-refractivity contribution is 5.90. The Morgan fingerprint density at radius 3 is 2.32 bits per heavy atom. The highest BCUT2D eigenvalue weighted by Crippen LogP contribution is 2.37. The number of hydrogen-bond acceptors (Lipinski definition) is 5. The number of carbonyl (C=O) groups is 1. The normalized spacial score (nSPS) is 10.8. The van der Waals surface area contributed by atoms with Crippen molar-refractivity contribution in [1.82, 2.24) is 5.43 Å². The number of hydrogen-bond donors (Lipinski definition) is 1. The maximum absolute atomic E-state index is 12.3. The Hall–Kier alpha value is -3.54. The number of hydrazone groups is 1. The van der Waals surface area contributed by atoms with Crippen LogP contribution in [0.3, 0.4) is 0 Å². The number of ether oxygens (including phenoxy) is 3. The van der Waals surface area contributed by atoms with Crippen molar-refractivity contribution in [3.63, 3.8) is 0 Å². The molecular weight excluding hydrogens is 356 g/mol. The monoisotopic (exact) mass is 378 g/mol. The summed E-state index contributed by atoms with van der Waals surface area (Å²) >= 11 is 0. The van der Waals surface area contributed by atoms with Crippen molar-refractivity contribution >= 4 is 22.9 Å². The summed E-state index contributed by atoms with van der Waals surface area (Å²) in [6, 6.07) is 17.4. The van der Waals surface area contributed by atoms with Gasteiger partial charge in [0.25, 0.3) is 0 Å². The van der Waals surface area contributed by atoms with E-state index < -0.39 is 0 Å². The molecule has 0 unspecified atom stereocenters. The van der Waals surface area contributed by atoms with Gasteiger partial charge in [0.15, 0.2) is 11.5 Å². The van der Waals surface area contributed by atoms with Crippen LogP contribution in [0.25, 0.3) is 10.8 Å². The SMILES string of the molecule is COc1cc(/C=N/NC(=O)Cc2cccc3ccccc23)cc(OC)c1OC. The molecule has 0 atom stereocenters. The molecule has 1 N–H and O–H groups in total. The van der Waals surface area contributed by atoms with Crippen LogP contribution >= 0.6 is 0 Å². The van der Waals surface area contributed by atoms with E-state index in [1.807, 2.05) is 42.5 Å². The molecular formula is C22H22N2O4. The lowest BCUT2D eigenvalue weighted by Gasteiger charge is -2.12. The maximum atomic E-state index is 12.3. The second-order valence-electron chi connectivity index (χ2n) is 6.07. The van der Waals surface area contributed by atoms with E-state index in [4.69, 9.17) is 14.2 Å². The minimum atomic E-state index is -0.194. The van der Waals surface area contributed by atoms with Crippen LogP contribution < -0.4 is 19.6 Å². The van der Waals surface area contributed by atoms with Gasteiger partial charge in [-0.1, -0.05) is 42.5 Å². The molecule has 0 aliphatic rings. The third-order valence-corrected chi connectivity index (χ3v) is 4.32. The molecule has 0 spiro atoms. The smallest absolute Gasteiger partial charge is 0.244 e. The summed E-state index contributed by atoms with van der Waals surface area (Å²) in [7, 11) is 4.63. The fourth-order valence-corrected chi connectivity index (χ4v) is 3.01. The van der Waals surface area contributed by atoms with E-state index in [-0.39, 0.29) is 12.3 Å². The maximum Gasteiger partial charge on any atom is 0.244 e. The lowest BCUT2D eigenvalue weighted by molar-refractivity contribution is -0.120. The standard InChI is InChI=1S/C22H22N2O4/c1-26-19-11-15(12-20(27-2)22(19)28-3)14-23-24-21(25)13-17-9-6-8-16-7-4-5-10-18(16)17/h4-12,14H,13H2,1-3H3,(H,24,25)/b23-14+. The van der Waals surface area contributed by atoms with Gasteiger partial charge in [-0.15, -0.1) is 0 Å². The number of nitrogens with one attached hydrogen (secondary N) is 1. The summed E-state index contributed by atoms with van der Waals surface area (Å²) < 4.78 is 15.9. The van der Waals surface area contributed by atoms with E-state index in [2.05, 4.69) is 10.5 Å². The zero-order valence-electron chi connectivity index (χ0n) is 16.1. The summed E-state index contributed by atoms with van der Waals surface area (Å²) in [4.78, 5) is 12.3. The van der Waals surface area contributed by atoms with Gasteiger partial charge >= 0.3 is 0 Å². The zero-order valence-corrected chi connectivity index (χ0v) is 16.1. The van der Waals surface area contributed by atoms with Crippen molar-refractivity contribution in [3.05, 3.63) is 65.7 Å². The minimum absolute atomic E-state index is 0.194. The largest absolute Gasteiger partial charge is 0.493 e. The fourth-order valence-electron chi connectivity index (χ4n) is 3.01. The fraction of sp³-hybridized carbons (Fsp3) is 0.182. The van der Waals surface area contributed by atoms with Gasteiger partial charge in [0.05, 0.1) is 34.0 Å². The average Bonchev–Trinajstić information content (AvgIpc) is 2.73. The molecule has 0 bridgehead atoms. The Balaban J connectivity index is 1.71. The molecule has 0 heterocycles. The molecule has 0 aliphatic heterocycles. The molecule has 144 valence electrons. The molecule has 0 aliphatic carbocycles. The van der Waals surface area contributed by atoms with Crippen molar-refractivity contribution < 1.29 is 19.0 Å². The first-order chi connectivity index (χ1) is 13.7. The Morgan fingerprint density at radius 1 is 0.964 bits per heavy atom. The number of fused-ring (bicyclic) bond motifs is 1. The molecule has 0 aromatic heterocycles. The van der Waals surface area contributed by atoms with Crippen LogP contribution in [-0.2, 0) is 11.2 Å². The van der Waals surface area contributed by atoms with Crippen LogP contribution in [-0.4, -0.2) is 33.5 Å². The second-order valence-corrected chi connectivity index (χ2v) is 6.07. The highest BCUT2D eigenvalue weighted by Gasteiger charge is 2.12. The van der Waals surface area contributed by atoms with Crippen LogP contribution in [0.2, 0.25) is 0 Å². The first-order valence-corrected chi connectivity index (χ1v) is 8.74. The number of methoxy groups -OCH3 is 3. The molecule has 28 heavy (non-hydrogen) atoms. The molecule has 3 aromatic rings. The summed E-state index contributed by atoms with van der Waals surface area (Å²) in [6.07, 6.45) is 1.78. The van der Waals surface area contributed by atoms with Gasteiger partial charge in [-0.2, -0.15) is 5.10 Å². The highest BCUT2D eigenvalue weighted by atomic mass is 16.5. The number of benzene rings is 3. The summed E-state index contributed by atoms with van der Waals surface area (Å²) in [5.74, 6) is 1.35. The lowest BCUT2D eigenvalue weighted by atomic mass is 10.0. The first kappa shape index (κ1) is 19.2. The van der Waals surface area contributed by atoms with Crippen LogP contribution in [0, 0.1) is 0 Å². The summed E-state index contributed by atoms with van der Waals surface area (Å²) in [6.45, 7) is 0. The molecule has 0 saturated carbocycles. The Morgan fingerprint density at radius 2 is 1.64 bits per heavy atom. The van der Waals surface area contributed by atoms with Gasteiger partial charge in [0, 0.05) is 5.56 Å². The van der Waals surface area contributed by atoms with Crippen LogP contribution in [0.1, 0.15) is 11.1 Å². The van der Waals surface area contributed by atoms with Crippen molar-refractivity contribution in [1.29, 1.82) is 0 Å². The van der Waals surface area contributed by atoms with E-state index in [0.29, 0.717) is 22.8 Å². The molecule has 1 amide bonds. The van der Waals surface area contributed by atoms with Crippen molar-refractivity contribution in [2.45, 2.75) is 6.42 Å². The van der Waals surface area contributed by atoms with Crippen molar-refractivity contribution in [3.8, 4) is 17.2 Å². The number of nitrogens with zero attached hydrogens (tertiary/aromatic N) is 1. The van der Waals surface area contributed by atoms with Crippen LogP contribution in [0.15, 0.2) is 59.7 Å². The van der Waals surface area contributed by atoms with E-state index in [1.54, 1.807) is 33.5 Å². The van der Waals surface area contributed by atoms with Crippen molar-refractivity contribution in [2.24, 2.45) is 5.10 Å². The molecule has 6 nitrogen and oxygen atoms in total. The summed E-state index contributed by atoms with van der Waals surface area (Å²) in [5, 5.41) is 6.22. The predicted molar refractivity (Wildman–Crippen MR) is 109 cm³/mol. The molecule has 3 rings (SSSR count). The summed E-state index contributed by atoms with van der Waals surface area (Å²) in [5.41, 5.74) is 4.23. The third-order valence-electron chi connectivity index (χ3n) is 4.32. The van der Waals surface area contributed by atoms with Crippen molar-refractivity contribution in [2.75, 3.05) is 21.3 Å².